The third-order valence-corrected chi connectivity index (χ3v) is 3.13. The van der Waals surface area contributed by atoms with Gasteiger partial charge < -0.3 is 4.74 Å². The zero-order chi connectivity index (χ0) is 15.1. The fraction of sp³-hybridized carbons (Fsp3) is 0.105. The van der Waals surface area contributed by atoms with Gasteiger partial charge in [-0.15, -0.1) is 0 Å². The average molecular weight is 278 g/mol. The molecule has 2 aromatic carbocycles. The van der Waals surface area contributed by atoms with Crippen molar-refractivity contribution in [2.75, 3.05) is 6.61 Å². The van der Waals surface area contributed by atoms with Crippen molar-refractivity contribution in [3.05, 3.63) is 84.9 Å². The molecule has 2 rings (SSSR count). The van der Waals surface area contributed by atoms with Crippen LogP contribution in [0, 0.1) is 0 Å². The molecule has 0 aromatic heterocycles. The molecule has 0 unspecified atom stereocenters. The molecule has 0 amide bonds. The Balaban J connectivity index is 1.83. The molecule has 0 radical (unpaired) electrons. The van der Waals surface area contributed by atoms with E-state index in [0.717, 1.165) is 22.3 Å². The highest BCUT2D eigenvalue weighted by Crippen LogP contribution is 2.17. The van der Waals surface area contributed by atoms with Crippen LogP contribution in [-0.4, -0.2) is 12.6 Å². The van der Waals surface area contributed by atoms with Gasteiger partial charge in [0.1, 0.15) is 6.61 Å². The highest BCUT2D eigenvalue weighted by Gasteiger charge is 2.08. The topological polar surface area (TPSA) is 26.3 Å². The fourth-order valence-corrected chi connectivity index (χ4v) is 1.93. The summed E-state index contributed by atoms with van der Waals surface area (Å²) in [6, 6.07) is 19.3. The number of carbonyl (C=O) groups excluding carboxylic acids is 1. The molecule has 0 saturated carbocycles. The van der Waals surface area contributed by atoms with Crippen molar-refractivity contribution >= 4 is 17.1 Å². The molecule has 2 aromatic rings. The summed E-state index contributed by atoms with van der Waals surface area (Å²) in [5.74, 6) is -0.291. The van der Waals surface area contributed by atoms with Crippen molar-refractivity contribution < 1.29 is 9.53 Å². The molecule has 2 nitrogen and oxygen atoms in total. The molecular formula is C19H18O2. The van der Waals surface area contributed by atoms with E-state index in [4.69, 9.17) is 4.74 Å². The van der Waals surface area contributed by atoms with Gasteiger partial charge in [0.05, 0.1) is 6.42 Å². The maximum absolute atomic E-state index is 11.8. The minimum atomic E-state index is -0.291. The first-order valence-corrected chi connectivity index (χ1v) is 6.79. The van der Waals surface area contributed by atoms with Crippen molar-refractivity contribution in [2.24, 2.45) is 0 Å². The maximum atomic E-state index is 11.8. The third kappa shape index (κ3) is 4.46. The summed E-state index contributed by atoms with van der Waals surface area (Å²) < 4.78 is 5.25. The Morgan fingerprint density at radius 1 is 0.810 bits per heavy atom. The Morgan fingerprint density at radius 3 is 1.81 bits per heavy atom. The van der Waals surface area contributed by atoms with Crippen LogP contribution in [0.3, 0.4) is 0 Å². The summed E-state index contributed by atoms with van der Waals surface area (Å²) in [4.78, 5) is 11.8. The molecular weight excluding hydrogens is 260 g/mol. The highest BCUT2D eigenvalue weighted by atomic mass is 16.5. The van der Waals surface area contributed by atoms with Crippen LogP contribution < -0.4 is 0 Å². The number of benzene rings is 2. The van der Waals surface area contributed by atoms with Crippen LogP contribution in [0.25, 0.3) is 11.1 Å². The Morgan fingerprint density at radius 2 is 1.29 bits per heavy atom. The lowest BCUT2D eigenvalue weighted by Gasteiger charge is -2.09. The molecule has 0 heterocycles. The summed E-state index contributed by atoms with van der Waals surface area (Å²) in [7, 11) is 0. The maximum Gasteiger partial charge on any atom is 0.310 e. The second-order valence-electron chi connectivity index (χ2n) is 4.78. The number of rotatable bonds is 6. The SMILES string of the molecule is C=C(COC(=O)CC(=C)c1ccccc1)c1ccccc1. The third-order valence-electron chi connectivity index (χ3n) is 3.13. The summed E-state index contributed by atoms with van der Waals surface area (Å²) in [6.45, 7) is 8.06. The van der Waals surface area contributed by atoms with Crippen molar-refractivity contribution in [1.29, 1.82) is 0 Å². The second-order valence-corrected chi connectivity index (χ2v) is 4.78. The van der Waals surface area contributed by atoms with Gasteiger partial charge in [0.25, 0.3) is 0 Å². The van der Waals surface area contributed by atoms with E-state index in [1.165, 1.54) is 0 Å². The van der Waals surface area contributed by atoms with Gasteiger partial charge in [0.2, 0.25) is 0 Å². The largest absolute Gasteiger partial charge is 0.461 e. The minimum Gasteiger partial charge on any atom is -0.461 e. The summed E-state index contributed by atoms with van der Waals surface area (Å²) >= 11 is 0. The zero-order valence-electron chi connectivity index (χ0n) is 11.9. The normalized spacial score (nSPS) is 9.90. The molecule has 0 aliphatic rings. The lowest BCUT2D eigenvalue weighted by atomic mass is 10.1. The van der Waals surface area contributed by atoms with Gasteiger partial charge in [-0.25, -0.2) is 0 Å². The molecule has 0 spiro atoms. The Kier molecular flexibility index (Phi) is 5.10. The van der Waals surface area contributed by atoms with Crippen LogP contribution in [-0.2, 0) is 9.53 Å². The quantitative estimate of drug-likeness (QED) is 0.734. The number of hydrogen-bond acceptors (Lipinski definition) is 2. The Bertz CT molecular complexity index is 627. The van der Waals surface area contributed by atoms with Crippen LogP contribution in [0.2, 0.25) is 0 Å². The van der Waals surface area contributed by atoms with Gasteiger partial charge in [-0.05, 0) is 22.3 Å². The van der Waals surface area contributed by atoms with Crippen LogP contribution >= 0.6 is 0 Å². The first kappa shape index (κ1) is 14.8. The molecule has 0 N–H and O–H groups in total. The standard InChI is InChI=1S/C19H18O2/c1-15(17-9-5-3-6-10-17)13-19(20)21-14-16(2)18-11-7-4-8-12-18/h3-12H,1-2,13-14H2. The van der Waals surface area contributed by atoms with E-state index in [0.29, 0.717) is 0 Å². The average Bonchev–Trinajstić information content (AvgIpc) is 2.54. The van der Waals surface area contributed by atoms with E-state index in [1.807, 2.05) is 60.7 Å². The first-order valence-electron chi connectivity index (χ1n) is 6.79. The predicted octanol–water partition coefficient (Wildman–Crippen LogP) is 4.35. The van der Waals surface area contributed by atoms with E-state index < -0.39 is 0 Å². The van der Waals surface area contributed by atoms with E-state index in [9.17, 15) is 4.79 Å². The van der Waals surface area contributed by atoms with Gasteiger partial charge in [-0.1, -0.05) is 73.8 Å². The van der Waals surface area contributed by atoms with Crippen LogP contribution in [0.1, 0.15) is 17.5 Å². The van der Waals surface area contributed by atoms with Gasteiger partial charge >= 0.3 is 5.97 Å². The first-order chi connectivity index (χ1) is 10.2. The smallest absolute Gasteiger partial charge is 0.310 e. The number of carbonyl (C=O) groups is 1. The predicted molar refractivity (Wildman–Crippen MR) is 86.5 cm³/mol. The lowest BCUT2D eigenvalue weighted by molar-refractivity contribution is -0.140. The van der Waals surface area contributed by atoms with Crippen LogP contribution in [0.5, 0.6) is 0 Å². The molecule has 0 saturated heterocycles. The van der Waals surface area contributed by atoms with Crippen molar-refractivity contribution in [1.82, 2.24) is 0 Å². The van der Waals surface area contributed by atoms with Crippen LogP contribution in [0.4, 0.5) is 0 Å². The van der Waals surface area contributed by atoms with Crippen molar-refractivity contribution in [2.45, 2.75) is 6.42 Å². The monoisotopic (exact) mass is 278 g/mol. The van der Waals surface area contributed by atoms with E-state index >= 15 is 0 Å². The number of hydrogen-bond donors (Lipinski definition) is 0. The molecule has 0 fully saturated rings. The number of esters is 1. The molecule has 106 valence electrons. The van der Waals surface area contributed by atoms with E-state index in [-0.39, 0.29) is 19.0 Å². The van der Waals surface area contributed by atoms with Gasteiger partial charge in [-0.2, -0.15) is 0 Å². The highest BCUT2D eigenvalue weighted by molar-refractivity contribution is 5.84. The summed E-state index contributed by atoms with van der Waals surface area (Å²) in [6.07, 6.45) is 0.187. The fourth-order valence-electron chi connectivity index (χ4n) is 1.93. The lowest BCUT2D eigenvalue weighted by Crippen LogP contribution is -2.07. The van der Waals surface area contributed by atoms with Crippen molar-refractivity contribution in [3.63, 3.8) is 0 Å². The van der Waals surface area contributed by atoms with E-state index in [1.54, 1.807) is 0 Å². The zero-order valence-corrected chi connectivity index (χ0v) is 11.9. The summed E-state index contributed by atoms with van der Waals surface area (Å²) in [5.41, 5.74) is 3.48. The molecule has 21 heavy (non-hydrogen) atoms. The van der Waals surface area contributed by atoms with Gasteiger partial charge in [0, 0.05) is 0 Å². The minimum absolute atomic E-state index is 0.187. The summed E-state index contributed by atoms with van der Waals surface area (Å²) in [5, 5.41) is 0. The Labute approximate surface area is 125 Å². The van der Waals surface area contributed by atoms with Gasteiger partial charge in [-0.3, -0.25) is 4.79 Å². The van der Waals surface area contributed by atoms with Gasteiger partial charge in [0.15, 0.2) is 0 Å². The molecule has 0 atom stereocenters. The second kappa shape index (κ2) is 7.25. The Hall–Kier alpha value is -2.61. The molecule has 2 heteroatoms. The molecule has 0 aliphatic heterocycles. The van der Waals surface area contributed by atoms with Crippen molar-refractivity contribution in [3.8, 4) is 0 Å². The molecule has 0 aliphatic carbocycles. The van der Waals surface area contributed by atoms with Crippen LogP contribution in [0.15, 0.2) is 73.8 Å². The van der Waals surface area contributed by atoms with E-state index in [2.05, 4.69) is 13.2 Å². The molecule has 0 bridgehead atoms. The number of ether oxygens (including phenoxy) is 1.